The molecule has 0 aliphatic rings. The van der Waals surface area contributed by atoms with Gasteiger partial charge in [0.15, 0.2) is 12.6 Å². The van der Waals surface area contributed by atoms with Crippen LogP contribution in [0.4, 0.5) is 0 Å². The highest BCUT2D eigenvalue weighted by Crippen LogP contribution is 2.41. The van der Waals surface area contributed by atoms with Crippen LogP contribution in [0.2, 0.25) is 0 Å². The molecule has 10 heteroatoms. The highest BCUT2D eigenvalue weighted by molar-refractivity contribution is 7.57. The highest BCUT2D eigenvalue weighted by atomic mass is 31.2. The molecule has 0 bridgehead atoms. The van der Waals surface area contributed by atoms with Crippen LogP contribution in [0.1, 0.15) is 30.8 Å². The van der Waals surface area contributed by atoms with Crippen LogP contribution in [0.5, 0.6) is 17.2 Å². The summed E-state index contributed by atoms with van der Waals surface area (Å²) in [6, 6.07) is 23.0. The van der Waals surface area contributed by atoms with Gasteiger partial charge in [0.25, 0.3) is 0 Å². The molecule has 206 valence electrons. The molecule has 1 unspecified atom stereocenters. The number of hydrogen-bond donors (Lipinski definition) is 4. The van der Waals surface area contributed by atoms with E-state index in [1.165, 1.54) is 6.07 Å². The Kier molecular flexibility index (Phi) is 11.6. The van der Waals surface area contributed by atoms with Gasteiger partial charge in [0.2, 0.25) is 7.37 Å². The van der Waals surface area contributed by atoms with Gasteiger partial charge in [-0.15, -0.1) is 5.06 Å². The highest BCUT2D eigenvalue weighted by Gasteiger charge is 2.19. The molecule has 3 rings (SSSR count). The second kappa shape index (κ2) is 14.9. The van der Waals surface area contributed by atoms with Gasteiger partial charge >= 0.3 is 0 Å². The largest absolute Gasteiger partial charge is 0.494 e. The van der Waals surface area contributed by atoms with Crippen molar-refractivity contribution in [3.05, 3.63) is 90.0 Å². The van der Waals surface area contributed by atoms with Gasteiger partial charge in [0.05, 0.1) is 19.3 Å². The molecule has 0 fully saturated rings. The molecule has 38 heavy (non-hydrogen) atoms. The van der Waals surface area contributed by atoms with Crippen molar-refractivity contribution in [2.24, 2.45) is 0 Å². The van der Waals surface area contributed by atoms with E-state index in [4.69, 9.17) is 14.3 Å². The summed E-state index contributed by atoms with van der Waals surface area (Å²) in [5.41, 5.74) is 1.30. The number of hydrogen-bond acceptors (Lipinski definition) is 8. The molecule has 0 aliphatic carbocycles. The van der Waals surface area contributed by atoms with Crippen molar-refractivity contribution in [3.8, 4) is 17.2 Å². The minimum atomic E-state index is -3.45. The summed E-state index contributed by atoms with van der Waals surface area (Å²) in [7, 11) is -3.45. The lowest BCUT2D eigenvalue weighted by Gasteiger charge is -2.24. The van der Waals surface area contributed by atoms with Crippen molar-refractivity contribution in [2.45, 2.75) is 32.2 Å². The van der Waals surface area contributed by atoms with Crippen LogP contribution >= 0.6 is 7.37 Å². The first-order chi connectivity index (χ1) is 18.2. The molecule has 0 amide bonds. The predicted octanol–water partition coefficient (Wildman–Crippen LogP) is 3.96. The Bertz CT molecular complexity index is 1140. The summed E-state index contributed by atoms with van der Waals surface area (Å²) in [6.45, 7) is 2.74. The molecule has 0 heterocycles. The molecular formula is C28H36NO8P. The van der Waals surface area contributed by atoms with E-state index >= 15 is 0 Å². The van der Waals surface area contributed by atoms with E-state index in [2.05, 4.69) is 0 Å². The second-order valence-corrected chi connectivity index (χ2v) is 11.4. The minimum Gasteiger partial charge on any atom is -0.494 e. The first kappa shape index (κ1) is 29.6. The fourth-order valence-electron chi connectivity index (χ4n) is 3.61. The van der Waals surface area contributed by atoms with Crippen LogP contribution in [-0.4, -0.2) is 63.6 Å². The molecule has 2 atom stereocenters. The van der Waals surface area contributed by atoms with Crippen LogP contribution in [0.25, 0.3) is 0 Å². The number of hydroxylamine groups is 2. The van der Waals surface area contributed by atoms with Crippen LogP contribution in [0.3, 0.4) is 0 Å². The van der Waals surface area contributed by atoms with E-state index in [0.29, 0.717) is 43.1 Å². The third-order valence-corrected chi connectivity index (χ3v) is 7.08. The third-order valence-electron chi connectivity index (χ3n) is 5.53. The Morgan fingerprint density at radius 1 is 0.868 bits per heavy atom. The molecular weight excluding hydrogens is 509 g/mol. The summed E-state index contributed by atoms with van der Waals surface area (Å²) >= 11 is 0. The number of rotatable bonds is 16. The molecule has 3 aromatic carbocycles. The fraction of sp³-hybridized carbons (Fsp3) is 0.357. The van der Waals surface area contributed by atoms with E-state index in [1.54, 1.807) is 42.3 Å². The van der Waals surface area contributed by atoms with Gasteiger partial charge in [-0.3, -0.25) is 4.57 Å². The summed E-state index contributed by atoms with van der Waals surface area (Å²) in [5.74, 6) is 1.66. The summed E-state index contributed by atoms with van der Waals surface area (Å²) in [6.07, 6.45) is -1.34. The van der Waals surface area contributed by atoms with Gasteiger partial charge in [-0.05, 0) is 61.7 Å². The standard InChI is InChI=1S/C28H36NO8P/c1-22(30)20-29(37-27-10-5-7-24(19-27)28(31)32)16-15-23-11-13-26(14-12-23)36-21-38(33,34)18-6-17-35-25-8-3-2-4-9-25/h2-5,7-14,19,22,28,30-32H,6,15-18,20-21H2,1H3,(H,33,34)/t22-/m0/s1. The molecule has 0 saturated carbocycles. The van der Waals surface area contributed by atoms with E-state index in [9.17, 15) is 24.8 Å². The molecule has 3 aromatic rings. The predicted molar refractivity (Wildman–Crippen MR) is 144 cm³/mol. The molecule has 4 N–H and O–H groups in total. The average molecular weight is 546 g/mol. The van der Waals surface area contributed by atoms with Crippen molar-refractivity contribution in [3.63, 3.8) is 0 Å². The van der Waals surface area contributed by atoms with Crippen LogP contribution < -0.4 is 14.3 Å². The molecule has 9 nitrogen and oxygen atoms in total. The van der Waals surface area contributed by atoms with Crippen molar-refractivity contribution in [2.75, 3.05) is 32.2 Å². The number of aliphatic hydroxyl groups is 3. The molecule has 0 radical (unpaired) electrons. The van der Waals surface area contributed by atoms with Gasteiger partial charge in [-0.1, -0.05) is 42.5 Å². The van der Waals surface area contributed by atoms with Crippen molar-refractivity contribution in [1.29, 1.82) is 0 Å². The zero-order chi connectivity index (χ0) is 27.4. The Hall–Kier alpha value is -2.91. The zero-order valence-corrected chi connectivity index (χ0v) is 22.3. The Morgan fingerprint density at radius 3 is 2.24 bits per heavy atom. The smallest absolute Gasteiger partial charge is 0.237 e. The van der Waals surface area contributed by atoms with Gasteiger partial charge in [-0.25, -0.2) is 0 Å². The summed E-state index contributed by atoms with van der Waals surface area (Å²) < 4.78 is 23.6. The van der Waals surface area contributed by atoms with Crippen LogP contribution in [0.15, 0.2) is 78.9 Å². The third kappa shape index (κ3) is 10.8. The van der Waals surface area contributed by atoms with E-state index in [1.807, 2.05) is 42.5 Å². The normalized spacial score (nSPS) is 13.8. The average Bonchev–Trinajstić information content (AvgIpc) is 2.90. The summed E-state index contributed by atoms with van der Waals surface area (Å²) in [4.78, 5) is 16.1. The van der Waals surface area contributed by atoms with Crippen LogP contribution in [-0.2, 0) is 11.0 Å². The second-order valence-electron chi connectivity index (χ2n) is 9.03. The molecule has 0 spiro atoms. The van der Waals surface area contributed by atoms with Crippen molar-refractivity contribution < 1.29 is 39.1 Å². The topological polar surface area (TPSA) is 129 Å². The number of aliphatic hydroxyl groups excluding tert-OH is 2. The van der Waals surface area contributed by atoms with Gasteiger partial charge < -0.3 is 34.5 Å². The molecule has 0 saturated heterocycles. The van der Waals surface area contributed by atoms with E-state index < -0.39 is 19.8 Å². The monoisotopic (exact) mass is 545 g/mol. The maximum absolute atomic E-state index is 12.4. The number of nitrogens with zero attached hydrogens (tertiary/aromatic N) is 1. The number of ether oxygens (including phenoxy) is 2. The molecule has 0 aliphatic heterocycles. The maximum atomic E-state index is 12.4. The van der Waals surface area contributed by atoms with Gasteiger partial charge in [-0.2, -0.15) is 0 Å². The SMILES string of the molecule is C[C@H](O)CN(CCc1ccc(OCP(=O)(O)CCCOc2ccccc2)cc1)Oc1cccc(C(O)O)c1. The first-order valence-electron chi connectivity index (χ1n) is 12.5. The fourth-order valence-corrected chi connectivity index (χ4v) is 4.72. The minimum absolute atomic E-state index is 0.108. The van der Waals surface area contributed by atoms with Gasteiger partial charge in [0, 0.05) is 18.3 Å². The van der Waals surface area contributed by atoms with E-state index in [0.717, 1.165) is 11.3 Å². The van der Waals surface area contributed by atoms with Gasteiger partial charge in [0.1, 0.15) is 17.2 Å². The van der Waals surface area contributed by atoms with E-state index in [-0.39, 0.29) is 19.1 Å². The Labute approximate surface area is 223 Å². The van der Waals surface area contributed by atoms with Crippen LogP contribution in [0, 0.1) is 0 Å². The number of benzene rings is 3. The first-order valence-corrected chi connectivity index (χ1v) is 14.5. The quantitative estimate of drug-likeness (QED) is 0.0915. The lowest BCUT2D eigenvalue weighted by molar-refractivity contribution is -0.0814. The molecule has 0 aromatic heterocycles. The lowest BCUT2D eigenvalue weighted by Crippen LogP contribution is -2.35. The zero-order valence-electron chi connectivity index (χ0n) is 21.4. The van der Waals surface area contributed by atoms with Crippen molar-refractivity contribution >= 4 is 7.37 Å². The lowest BCUT2D eigenvalue weighted by atomic mass is 10.1. The maximum Gasteiger partial charge on any atom is 0.237 e. The van der Waals surface area contributed by atoms with Crippen molar-refractivity contribution in [1.82, 2.24) is 5.06 Å². The number of para-hydroxylation sites is 1. The summed E-state index contributed by atoms with van der Waals surface area (Å²) in [5, 5.41) is 30.2. The Morgan fingerprint density at radius 2 is 1.55 bits per heavy atom. The Balaban J connectivity index is 1.44.